The minimum absolute atomic E-state index is 0.0329. The largest absolute Gasteiger partial charge is 0.466 e. The van der Waals surface area contributed by atoms with Crippen LogP contribution in [0, 0.1) is 11.7 Å². The fourth-order valence-corrected chi connectivity index (χ4v) is 4.53. The van der Waals surface area contributed by atoms with Crippen LogP contribution in [0.4, 0.5) is 4.39 Å². The first kappa shape index (κ1) is 23.8. The maximum atomic E-state index is 14.8. The fourth-order valence-electron chi connectivity index (χ4n) is 4.53. The van der Waals surface area contributed by atoms with Gasteiger partial charge < -0.3 is 14.4 Å². The molecular formula is C23H29FN2O6. The van der Waals surface area contributed by atoms with Crippen LogP contribution in [0.2, 0.25) is 0 Å². The zero-order chi connectivity index (χ0) is 23.3. The summed E-state index contributed by atoms with van der Waals surface area (Å²) in [7, 11) is 1.45. The Kier molecular flexibility index (Phi) is 7.60. The van der Waals surface area contributed by atoms with Crippen molar-refractivity contribution in [2.75, 3.05) is 40.0 Å². The Morgan fingerprint density at radius 1 is 1.25 bits per heavy atom. The van der Waals surface area contributed by atoms with Crippen LogP contribution in [0.3, 0.4) is 0 Å². The molecule has 2 atom stereocenters. The van der Waals surface area contributed by atoms with E-state index in [2.05, 4.69) is 0 Å². The Hall–Kier alpha value is -2.81. The minimum Gasteiger partial charge on any atom is -0.466 e. The Labute approximate surface area is 186 Å². The molecule has 2 saturated heterocycles. The second-order valence-corrected chi connectivity index (χ2v) is 8.19. The summed E-state index contributed by atoms with van der Waals surface area (Å²) in [5.41, 5.74) is -1.59. The highest BCUT2D eigenvalue weighted by atomic mass is 19.1. The van der Waals surface area contributed by atoms with Crippen LogP contribution in [0.15, 0.2) is 24.3 Å². The number of ether oxygens (including phenoxy) is 2. The smallest absolute Gasteiger partial charge is 0.310 e. The Bertz CT molecular complexity index is 891. The summed E-state index contributed by atoms with van der Waals surface area (Å²) >= 11 is 0. The molecule has 3 amide bonds. The summed E-state index contributed by atoms with van der Waals surface area (Å²) < 4.78 is 24.9. The number of nitrogens with zero attached hydrogens (tertiary/aromatic N) is 2. The zero-order valence-electron chi connectivity index (χ0n) is 18.5. The monoisotopic (exact) mass is 448 g/mol. The first-order chi connectivity index (χ1) is 15.3. The molecule has 32 heavy (non-hydrogen) atoms. The van der Waals surface area contributed by atoms with Gasteiger partial charge in [0.15, 0.2) is 0 Å². The van der Waals surface area contributed by atoms with Crippen molar-refractivity contribution >= 4 is 23.7 Å². The summed E-state index contributed by atoms with van der Waals surface area (Å²) in [5.74, 6) is -2.89. The van der Waals surface area contributed by atoms with Crippen LogP contribution in [0.5, 0.6) is 0 Å². The van der Waals surface area contributed by atoms with Crippen LogP contribution in [0.1, 0.15) is 38.2 Å². The van der Waals surface area contributed by atoms with Crippen LogP contribution < -0.4 is 0 Å². The summed E-state index contributed by atoms with van der Waals surface area (Å²) in [5, 5.41) is 0. The highest BCUT2D eigenvalue weighted by Gasteiger charge is 2.55. The normalized spacial score (nSPS) is 23.5. The molecule has 2 fully saturated rings. The van der Waals surface area contributed by atoms with E-state index in [0.717, 1.165) is 4.90 Å². The molecule has 2 aliphatic heterocycles. The van der Waals surface area contributed by atoms with Gasteiger partial charge >= 0.3 is 5.97 Å². The quantitative estimate of drug-likeness (QED) is 0.444. The van der Waals surface area contributed by atoms with Gasteiger partial charge in [0.05, 0.1) is 31.1 Å². The number of benzene rings is 1. The molecule has 0 aromatic heterocycles. The van der Waals surface area contributed by atoms with Crippen molar-refractivity contribution in [1.29, 1.82) is 0 Å². The molecule has 0 aliphatic carbocycles. The molecule has 0 unspecified atom stereocenters. The molecular weight excluding hydrogens is 419 g/mol. The number of likely N-dealkylation sites (tertiary alicyclic amines) is 2. The number of piperidine rings is 1. The van der Waals surface area contributed by atoms with Gasteiger partial charge in [0.2, 0.25) is 17.7 Å². The Morgan fingerprint density at radius 2 is 2.00 bits per heavy atom. The van der Waals surface area contributed by atoms with Gasteiger partial charge in [-0.25, -0.2) is 4.39 Å². The van der Waals surface area contributed by atoms with Gasteiger partial charge in [0, 0.05) is 38.6 Å². The molecule has 2 aliphatic rings. The number of rotatable bonds is 8. The molecule has 1 aromatic rings. The molecule has 0 spiro atoms. The standard InChI is InChI=1S/C23H29FN2O6/c1-3-32-21(29)16-7-6-10-25(15-16)19(27)13-23(17-8-4-5-9-18(17)24)14-20(28)26(22(23)30)11-12-31-2/h4-5,8-9,16H,3,6-7,10-15H2,1-2H3/t16-,23-/m1/s1. The predicted octanol–water partition coefficient (Wildman–Crippen LogP) is 1.66. The molecule has 1 aromatic carbocycles. The molecule has 2 heterocycles. The van der Waals surface area contributed by atoms with Gasteiger partial charge in [-0.15, -0.1) is 0 Å². The van der Waals surface area contributed by atoms with E-state index in [4.69, 9.17) is 9.47 Å². The Morgan fingerprint density at radius 3 is 2.69 bits per heavy atom. The molecule has 0 bridgehead atoms. The average molecular weight is 448 g/mol. The van der Waals surface area contributed by atoms with Gasteiger partial charge in [-0.2, -0.15) is 0 Å². The van der Waals surface area contributed by atoms with E-state index in [9.17, 15) is 23.6 Å². The van der Waals surface area contributed by atoms with E-state index in [1.54, 1.807) is 13.0 Å². The number of hydrogen-bond donors (Lipinski definition) is 0. The van der Waals surface area contributed by atoms with Crippen molar-refractivity contribution in [2.24, 2.45) is 5.92 Å². The van der Waals surface area contributed by atoms with E-state index >= 15 is 0 Å². The SMILES string of the molecule is CCOC(=O)[C@@H]1CCCN(C(=O)C[C@]2(c3ccccc3F)CC(=O)N(CCOC)C2=O)C1. The average Bonchev–Trinajstić information content (AvgIpc) is 3.02. The van der Waals surface area contributed by atoms with Crippen molar-refractivity contribution < 1.29 is 33.0 Å². The van der Waals surface area contributed by atoms with Gasteiger partial charge in [-0.05, 0) is 25.8 Å². The second-order valence-electron chi connectivity index (χ2n) is 8.19. The maximum absolute atomic E-state index is 14.8. The number of esters is 1. The summed E-state index contributed by atoms with van der Waals surface area (Å²) in [6.45, 7) is 2.77. The van der Waals surface area contributed by atoms with Crippen molar-refractivity contribution in [1.82, 2.24) is 9.80 Å². The number of amides is 3. The third-order valence-corrected chi connectivity index (χ3v) is 6.16. The lowest BCUT2D eigenvalue weighted by molar-refractivity contribution is -0.152. The van der Waals surface area contributed by atoms with Gasteiger partial charge in [-0.1, -0.05) is 18.2 Å². The van der Waals surface area contributed by atoms with Gasteiger partial charge in [0.25, 0.3) is 0 Å². The summed E-state index contributed by atoms with van der Waals surface area (Å²) in [6, 6.07) is 5.74. The number of methoxy groups -OCH3 is 1. The topological polar surface area (TPSA) is 93.2 Å². The predicted molar refractivity (Wildman–Crippen MR) is 112 cm³/mol. The molecule has 0 saturated carbocycles. The fraction of sp³-hybridized carbons (Fsp3) is 0.565. The van der Waals surface area contributed by atoms with E-state index in [-0.39, 0.29) is 50.7 Å². The van der Waals surface area contributed by atoms with E-state index < -0.39 is 34.9 Å². The van der Waals surface area contributed by atoms with E-state index in [1.807, 2.05) is 0 Å². The van der Waals surface area contributed by atoms with Gasteiger partial charge in [-0.3, -0.25) is 24.1 Å². The number of carbonyl (C=O) groups is 4. The maximum Gasteiger partial charge on any atom is 0.310 e. The summed E-state index contributed by atoms with van der Waals surface area (Å²) in [6.07, 6.45) is 0.590. The Balaban J connectivity index is 1.88. The second kappa shape index (κ2) is 10.2. The molecule has 0 radical (unpaired) electrons. The highest BCUT2D eigenvalue weighted by Crippen LogP contribution is 2.41. The number of halogens is 1. The van der Waals surface area contributed by atoms with Crippen LogP contribution >= 0.6 is 0 Å². The molecule has 0 N–H and O–H groups in total. The number of hydrogen-bond acceptors (Lipinski definition) is 6. The highest BCUT2D eigenvalue weighted by molar-refractivity contribution is 6.10. The van der Waals surface area contributed by atoms with E-state index in [1.165, 1.54) is 30.2 Å². The zero-order valence-corrected chi connectivity index (χ0v) is 18.5. The molecule has 8 nitrogen and oxygen atoms in total. The van der Waals surface area contributed by atoms with E-state index in [0.29, 0.717) is 19.4 Å². The summed E-state index contributed by atoms with van der Waals surface area (Å²) in [4.78, 5) is 54.1. The first-order valence-corrected chi connectivity index (χ1v) is 10.9. The lowest BCUT2D eigenvalue weighted by Gasteiger charge is -2.34. The van der Waals surface area contributed by atoms with Crippen molar-refractivity contribution in [2.45, 2.75) is 38.0 Å². The molecule has 3 rings (SSSR count). The lowest BCUT2D eigenvalue weighted by Crippen LogP contribution is -2.47. The van der Waals surface area contributed by atoms with Gasteiger partial charge in [0.1, 0.15) is 5.82 Å². The lowest BCUT2D eigenvalue weighted by atomic mass is 9.75. The minimum atomic E-state index is -1.62. The van der Waals surface area contributed by atoms with Crippen LogP contribution in [0.25, 0.3) is 0 Å². The van der Waals surface area contributed by atoms with Crippen molar-refractivity contribution in [3.8, 4) is 0 Å². The third kappa shape index (κ3) is 4.67. The van der Waals surface area contributed by atoms with Crippen LogP contribution in [-0.2, 0) is 34.1 Å². The van der Waals surface area contributed by atoms with Crippen molar-refractivity contribution in [3.63, 3.8) is 0 Å². The van der Waals surface area contributed by atoms with Crippen molar-refractivity contribution in [3.05, 3.63) is 35.6 Å². The van der Waals surface area contributed by atoms with Crippen LogP contribution in [-0.4, -0.2) is 73.4 Å². The number of carbonyl (C=O) groups excluding carboxylic acids is 4. The number of imide groups is 1. The first-order valence-electron chi connectivity index (χ1n) is 10.9. The third-order valence-electron chi connectivity index (χ3n) is 6.16. The molecule has 174 valence electrons. The molecule has 9 heteroatoms.